The maximum atomic E-state index is 4.47. The molecule has 0 saturated carbocycles. The first kappa shape index (κ1) is 7.45. The van der Waals surface area contributed by atoms with Crippen molar-refractivity contribution in [2.24, 2.45) is 0 Å². The van der Waals surface area contributed by atoms with Gasteiger partial charge in [0.1, 0.15) is 0 Å². The van der Waals surface area contributed by atoms with Crippen molar-refractivity contribution in [1.29, 1.82) is 0 Å². The SMILES string of the molecule is Sc1ccc2c3c(cccc13)CC2. The summed E-state index contributed by atoms with van der Waals surface area (Å²) in [5, 5.41) is 2.77. The molecule has 0 nitrogen and oxygen atoms in total. The summed E-state index contributed by atoms with van der Waals surface area (Å²) in [7, 11) is 0. The lowest BCUT2D eigenvalue weighted by molar-refractivity contribution is 1.02. The molecule has 0 fully saturated rings. The predicted molar refractivity (Wildman–Crippen MR) is 58.6 cm³/mol. The van der Waals surface area contributed by atoms with E-state index < -0.39 is 0 Å². The normalized spacial score (nSPS) is 13.9. The van der Waals surface area contributed by atoms with E-state index in [0.29, 0.717) is 0 Å². The highest BCUT2D eigenvalue weighted by Crippen LogP contribution is 2.33. The van der Waals surface area contributed by atoms with E-state index in [0.717, 1.165) is 4.90 Å². The molecular formula is C12H10S. The molecule has 0 aliphatic heterocycles. The van der Waals surface area contributed by atoms with Gasteiger partial charge >= 0.3 is 0 Å². The lowest BCUT2D eigenvalue weighted by Crippen LogP contribution is -1.79. The van der Waals surface area contributed by atoms with Crippen molar-refractivity contribution in [1.82, 2.24) is 0 Å². The van der Waals surface area contributed by atoms with Crippen LogP contribution in [0, 0.1) is 0 Å². The van der Waals surface area contributed by atoms with Crippen LogP contribution in [0.15, 0.2) is 35.2 Å². The lowest BCUT2D eigenvalue weighted by atomic mass is 10.1. The van der Waals surface area contributed by atoms with Crippen molar-refractivity contribution in [3.05, 3.63) is 41.5 Å². The first-order chi connectivity index (χ1) is 6.36. The van der Waals surface area contributed by atoms with Gasteiger partial charge in [0.2, 0.25) is 0 Å². The molecule has 0 N–H and O–H groups in total. The molecule has 2 aromatic rings. The minimum absolute atomic E-state index is 1.10. The van der Waals surface area contributed by atoms with Crippen molar-refractivity contribution in [3.63, 3.8) is 0 Å². The Hall–Kier alpha value is -0.950. The molecule has 0 bridgehead atoms. The van der Waals surface area contributed by atoms with Crippen LogP contribution in [0.4, 0.5) is 0 Å². The third-order valence-corrected chi connectivity index (χ3v) is 3.24. The summed E-state index contributed by atoms with van der Waals surface area (Å²) in [5.41, 5.74) is 2.98. The van der Waals surface area contributed by atoms with Gasteiger partial charge in [-0.1, -0.05) is 24.3 Å². The van der Waals surface area contributed by atoms with Crippen molar-refractivity contribution < 1.29 is 0 Å². The van der Waals surface area contributed by atoms with E-state index >= 15 is 0 Å². The van der Waals surface area contributed by atoms with Crippen LogP contribution in [0.5, 0.6) is 0 Å². The van der Waals surface area contributed by atoms with Crippen LogP contribution < -0.4 is 0 Å². The first-order valence-electron chi connectivity index (χ1n) is 4.59. The fraction of sp³-hybridized carbons (Fsp3) is 0.167. The van der Waals surface area contributed by atoms with Crippen molar-refractivity contribution in [2.75, 3.05) is 0 Å². The minimum Gasteiger partial charge on any atom is -0.143 e. The Kier molecular flexibility index (Phi) is 1.44. The molecule has 0 heterocycles. The summed E-state index contributed by atoms with van der Waals surface area (Å²) >= 11 is 4.47. The summed E-state index contributed by atoms with van der Waals surface area (Å²) in [6.07, 6.45) is 2.40. The van der Waals surface area contributed by atoms with Crippen LogP contribution in [0.1, 0.15) is 11.1 Å². The van der Waals surface area contributed by atoms with Gasteiger partial charge in [0.15, 0.2) is 0 Å². The smallest absolute Gasteiger partial charge is 0.0119 e. The molecule has 1 aliphatic carbocycles. The highest BCUT2D eigenvalue weighted by atomic mass is 32.1. The molecule has 0 saturated heterocycles. The quantitative estimate of drug-likeness (QED) is 0.600. The van der Waals surface area contributed by atoms with Gasteiger partial charge in [0, 0.05) is 4.90 Å². The van der Waals surface area contributed by atoms with Gasteiger partial charge in [-0.2, -0.15) is 0 Å². The predicted octanol–water partition coefficient (Wildman–Crippen LogP) is 3.23. The average molecular weight is 186 g/mol. The van der Waals surface area contributed by atoms with E-state index in [4.69, 9.17) is 0 Å². The number of benzene rings is 2. The standard InChI is InChI=1S/C12H10S/c13-11-7-6-9-5-4-8-2-1-3-10(11)12(8)9/h1-3,6-7,13H,4-5H2. The van der Waals surface area contributed by atoms with Gasteiger partial charge in [-0.05, 0) is 40.8 Å². The topological polar surface area (TPSA) is 0 Å². The molecule has 1 heteroatoms. The second kappa shape index (κ2) is 2.52. The average Bonchev–Trinajstić information content (AvgIpc) is 2.57. The van der Waals surface area contributed by atoms with Gasteiger partial charge in [-0.3, -0.25) is 0 Å². The zero-order valence-corrected chi connectivity index (χ0v) is 8.14. The Bertz CT molecular complexity index is 475. The van der Waals surface area contributed by atoms with Gasteiger partial charge < -0.3 is 0 Å². The van der Waals surface area contributed by atoms with Gasteiger partial charge in [0.05, 0.1) is 0 Å². The van der Waals surface area contributed by atoms with Gasteiger partial charge in [-0.15, -0.1) is 12.6 Å². The zero-order chi connectivity index (χ0) is 8.84. The van der Waals surface area contributed by atoms with Crippen LogP contribution in [0.2, 0.25) is 0 Å². The number of thiol groups is 1. The molecular weight excluding hydrogens is 176 g/mol. The van der Waals surface area contributed by atoms with E-state index in [9.17, 15) is 0 Å². The number of hydrogen-bond acceptors (Lipinski definition) is 1. The molecule has 0 unspecified atom stereocenters. The highest BCUT2D eigenvalue weighted by Gasteiger charge is 2.14. The van der Waals surface area contributed by atoms with Crippen molar-refractivity contribution in [3.8, 4) is 0 Å². The fourth-order valence-corrected chi connectivity index (χ4v) is 2.49. The molecule has 0 aromatic heterocycles. The second-order valence-corrected chi connectivity index (χ2v) is 4.07. The first-order valence-corrected chi connectivity index (χ1v) is 5.03. The van der Waals surface area contributed by atoms with Crippen LogP contribution in [0.25, 0.3) is 10.8 Å². The molecule has 0 amide bonds. The van der Waals surface area contributed by atoms with Gasteiger partial charge in [0.25, 0.3) is 0 Å². The summed E-state index contributed by atoms with van der Waals surface area (Å²) in [5.74, 6) is 0. The monoisotopic (exact) mass is 186 g/mol. The van der Waals surface area contributed by atoms with E-state index in [1.165, 1.54) is 34.7 Å². The van der Waals surface area contributed by atoms with E-state index in [1.54, 1.807) is 0 Å². The highest BCUT2D eigenvalue weighted by molar-refractivity contribution is 7.80. The molecule has 0 spiro atoms. The van der Waals surface area contributed by atoms with Crippen LogP contribution in [0.3, 0.4) is 0 Å². The summed E-state index contributed by atoms with van der Waals surface area (Å²) < 4.78 is 0. The van der Waals surface area contributed by atoms with Crippen LogP contribution in [-0.4, -0.2) is 0 Å². The molecule has 0 radical (unpaired) electrons. The lowest BCUT2D eigenvalue weighted by Gasteiger charge is -2.03. The Balaban J connectivity index is 2.58. The Morgan fingerprint density at radius 3 is 2.54 bits per heavy atom. The summed E-state index contributed by atoms with van der Waals surface area (Å²) in [6.45, 7) is 0. The number of rotatable bonds is 0. The van der Waals surface area contributed by atoms with Gasteiger partial charge in [-0.25, -0.2) is 0 Å². The molecule has 2 aromatic carbocycles. The van der Waals surface area contributed by atoms with E-state index in [2.05, 4.69) is 43.0 Å². The molecule has 0 atom stereocenters. The molecule has 3 rings (SSSR count). The van der Waals surface area contributed by atoms with Crippen molar-refractivity contribution in [2.45, 2.75) is 17.7 Å². The molecule has 64 valence electrons. The largest absolute Gasteiger partial charge is 0.143 e. The van der Waals surface area contributed by atoms with Crippen LogP contribution in [-0.2, 0) is 12.8 Å². The Morgan fingerprint density at radius 2 is 1.69 bits per heavy atom. The van der Waals surface area contributed by atoms with E-state index in [1.807, 2.05) is 0 Å². The summed E-state index contributed by atoms with van der Waals surface area (Å²) in [4.78, 5) is 1.10. The maximum Gasteiger partial charge on any atom is 0.0119 e. The maximum absolute atomic E-state index is 4.47. The number of hydrogen-bond donors (Lipinski definition) is 1. The Morgan fingerprint density at radius 1 is 0.923 bits per heavy atom. The summed E-state index contributed by atoms with van der Waals surface area (Å²) in [6, 6.07) is 10.8. The van der Waals surface area contributed by atoms with E-state index in [-0.39, 0.29) is 0 Å². The number of aryl methyl sites for hydroxylation is 2. The fourth-order valence-electron chi connectivity index (χ4n) is 2.23. The molecule has 1 aliphatic rings. The second-order valence-electron chi connectivity index (χ2n) is 3.58. The minimum atomic E-state index is 1.10. The zero-order valence-electron chi connectivity index (χ0n) is 7.25. The van der Waals surface area contributed by atoms with Crippen LogP contribution >= 0.6 is 12.6 Å². The molecule has 13 heavy (non-hydrogen) atoms. The third kappa shape index (κ3) is 0.939. The van der Waals surface area contributed by atoms with Crippen molar-refractivity contribution >= 4 is 23.4 Å². The Labute approximate surface area is 83.0 Å². The third-order valence-electron chi connectivity index (χ3n) is 2.85.